The number of aliphatic hydroxyl groups is 1. The van der Waals surface area contributed by atoms with Crippen LogP contribution in [0.1, 0.15) is 60.2 Å². The fourth-order valence-corrected chi connectivity index (χ4v) is 5.24. The maximum Gasteiger partial charge on any atom is 0.292 e. The first kappa shape index (κ1) is 27.8. The number of nitrogens with zero attached hydrogens (tertiary/aromatic N) is 1. The van der Waals surface area contributed by atoms with Crippen molar-refractivity contribution in [1.82, 2.24) is 10.2 Å². The minimum Gasteiger partial charge on any atom is -0.486 e. The lowest BCUT2D eigenvalue weighted by atomic mass is 9.97. The monoisotopic (exact) mass is 546 g/mol. The smallest absolute Gasteiger partial charge is 0.292 e. The molecule has 8 heteroatoms. The van der Waals surface area contributed by atoms with Crippen molar-refractivity contribution < 1.29 is 28.6 Å². The average Bonchev–Trinajstić information content (AvgIpc) is 3.49. The Morgan fingerprint density at radius 2 is 1.55 bits per heavy atom. The molecule has 0 radical (unpaired) electrons. The van der Waals surface area contributed by atoms with E-state index in [0.717, 1.165) is 37.1 Å². The molecule has 1 saturated heterocycles. The Hall–Kier alpha value is -3.75. The molecule has 3 aromatic rings. The van der Waals surface area contributed by atoms with Crippen molar-refractivity contribution in [3.05, 3.63) is 83.2 Å². The minimum absolute atomic E-state index is 0.0109. The van der Waals surface area contributed by atoms with Crippen molar-refractivity contribution in [3.63, 3.8) is 0 Å². The van der Waals surface area contributed by atoms with Crippen molar-refractivity contribution in [2.24, 2.45) is 0 Å². The van der Waals surface area contributed by atoms with Gasteiger partial charge in [0.1, 0.15) is 19.3 Å². The number of rotatable bonds is 9. The van der Waals surface area contributed by atoms with Gasteiger partial charge in [0.05, 0.1) is 6.04 Å². The quantitative estimate of drug-likeness (QED) is 0.294. The summed E-state index contributed by atoms with van der Waals surface area (Å²) in [6.45, 7) is 6.77. The molecule has 2 aliphatic heterocycles. The number of likely N-dealkylation sites (tertiary alicyclic amines) is 1. The van der Waals surface area contributed by atoms with E-state index < -0.39 is 29.7 Å². The van der Waals surface area contributed by atoms with Crippen molar-refractivity contribution >= 4 is 11.7 Å². The normalized spacial score (nSPS) is 16.5. The SMILES string of the molecule is CC(C)c1ccc(-c2ccc(C(=O)C(=O)NC(CN3CCCC3)C(O)c3cc(F)c4c(c3)OCCO4)cc2)cc1. The van der Waals surface area contributed by atoms with Gasteiger partial charge in [-0.3, -0.25) is 9.59 Å². The Morgan fingerprint density at radius 3 is 2.20 bits per heavy atom. The second kappa shape index (κ2) is 12.2. The number of carbonyl (C=O) groups is 2. The molecule has 2 N–H and O–H groups in total. The number of ether oxygens (including phenoxy) is 2. The lowest BCUT2D eigenvalue weighted by Gasteiger charge is -2.29. The van der Waals surface area contributed by atoms with E-state index in [0.29, 0.717) is 12.5 Å². The zero-order valence-electron chi connectivity index (χ0n) is 22.9. The highest BCUT2D eigenvalue weighted by Crippen LogP contribution is 2.36. The van der Waals surface area contributed by atoms with E-state index in [4.69, 9.17) is 9.47 Å². The molecule has 2 unspecified atom stereocenters. The van der Waals surface area contributed by atoms with E-state index in [1.165, 1.54) is 17.7 Å². The van der Waals surface area contributed by atoms with Crippen molar-refractivity contribution in [2.45, 2.75) is 44.8 Å². The molecule has 0 bridgehead atoms. The molecule has 1 amide bonds. The van der Waals surface area contributed by atoms with E-state index in [2.05, 4.69) is 36.2 Å². The van der Waals surface area contributed by atoms with Gasteiger partial charge < -0.3 is 24.8 Å². The molecule has 2 aliphatic rings. The molecule has 40 heavy (non-hydrogen) atoms. The fraction of sp³-hybridized carbons (Fsp3) is 0.375. The van der Waals surface area contributed by atoms with Crippen molar-refractivity contribution in [2.75, 3.05) is 32.8 Å². The van der Waals surface area contributed by atoms with E-state index in [1.54, 1.807) is 12.1 Å². The zero-order valence-corrected chi connectivity index (χ0v) is 22.9. The molecule has 0 aromatic heterocycles. The number of Topliss-reactive ketones (excluding diaryl/α,β-unsaturated/α-hetero) is 1. The number of benzene rings is 3. The molecule has 5 rings (SSSR count). The Balaban J connectivity index is 1.31. The molecule has 7 nitrogen and oxygen atoms in total. The highest BCUT2D eigenvalue weighted by molar-refractivity contribution is 6.42. The topological polar surface area (TPSA) is 88.1 Å². The second-order valence-corrected chi connectivity index (χ2v) is 10.7. The Kier molecular flexibility index (Phi) is 8.47. The summed E-state index contributed by atoms with van der Waals surface area (Å²) in [5, 5.41) is 14.0. The molecule has 0 spiro atoms. The maximum atomic E-state index is 14.7. The number of halogens is 1. The number of nitrogens with one attached hydrogen (secondary N) is 1. The Labute approximate surface area is 233 Å². The van der Waals surface area contributed by atoms with Gasteiger partial charge in [-0.2, -0.15) is 0 Å². The highest BCUT2D eigenvalue weighted by atomic mass is 19.1. The molecular weight excluding hydrogens is 511 g/mol. The summed E-state index contributed by atoms with van der Waals surface area (Å²) >= 11 is 0. The van der Waals surface area contributed by atoms with Crippen LogP contribution in [-0.4, -0.2) is 60.6 Å². The molecule has 210 valence electrons. The number of fused-ring (bicyclic) bond motifs is 1. The molecule has 3 aromatic carbocycles. The van der Waals surface area contributed by atoms with Crippen molar-refractivity contribution in [1.29, 1.82) is 0 Å². The number of hydrogen-bond acceptors (Lipinski definition) is 6. The molecule has 2 heterocycles. The Morgan fingerprint density at radius 1 is 0.925 bits per heavy atom. The number of aliphatic hydroxyl groups excluding tert-OH is 1. The summed E-state index contributed by atoms with van der Waals surface area (Å²) in [4.78, 5) is 28.3. The van der Waals surface area contributed by atoms with Crippen LogP contribution in [0.2, 0.25) is 0 Å². The van der Waals surface area contributed by atoms with E-state index in [-0.39, 0.29) is 35.8 Å². The largest absolute Gasteiger partial charge is 0.486 e. The van der Waals surface area contributed by atoms with Crippen LogP contribution in [-0.2, 0) is 4.79 Å². The molecule has 2 atom stereocenters. The van der Waals surface area contributed by atoms with Gasteiger partial charge in [0.15, 0.2) is 17.3 Å². The standard InChI is InChI=1S/C32H35FN2O5/c1-20(2)21-5-7-22(8-6-21)23-9-11-24(12-10-23)30(37)32(38)34-27(19-35-13-3-4-14-35)29(36)25-17-26(33)31-28(18-25)39-15-16-40-31/h5-12,17-18,20,27,29,36H,3-4,13-16,19H2,1-2H3,(H,34,38). The molecule has 0 aliphatic carbocycles. The third kappa shape index (κ3) is 6.18. The summed E-state index contributed by atoms with van der Waals surface area (Å²) < 4.78 is 25.6. The van der Waals surface area contributed by atoms with Gasteiger partial charge in [-0.25, -0.2) is 4.39 Å². The van der Waals surface area contributed by atoms with Gasteiger partial charge in [-0.1, -0.05) is 62.4 Å². The first-order chi connectivity index (χ1) is 19.3. The zero-order chi connectivity index (χ0) is 28.2. The van der Waals surface area contributed by atoms with Gasteiger partial charge in [0.25, 0.3) is 5.91 Å². The number of amides is 1. The molecule has 1 fully saturated rings. The maximum absolute atomic E-state index is 14.7. The van der Waals surface area contributed by atoms with E-state index in [9.17, 15) is 19.1 Å². The van der Waals surface area contributed by atoms with Gasteiger partial charge >= 0.3 is 0 Å². The third-order valence-corrected chi connectivity index (χ3v) is 7.58. The van der Waals surface area contributed by atoms with E-state index >= 15 is 0 Å². The van der Waals surface area contributed by atoms with Crippen LogP contribution >= 0.6 is 0 Å². The van der Waals surface area contributed by atoms with Crippen LogP contribution in [0.5, 0.6) is 11.5 Å². The second-order valence-electron chi connectivity index (χ2n) is 10.7. The van der Waals surface area contributed by atoms with E-state index in [1.807, 2.05) is 24.3 Å². The highest BCUT2D eigenvalue weighted by Gasteiger charge is 2.31. The fourth-order valence-electron chi connectivity index (χ4n) is 5.24. The van der Waals surface area contributed by atoms with Gasteiger partial charge in [-0.15, -0.1) is 0 Å². The average molecular weight is 547 g/mol. The van der Waals surface area contributed by atoms with Crippen molar-refractivity contribution in [3.8, 4) is 22.6 Å². The number of carbonyl (C=O) groups excluding carboxylic acids is 2. The first-order valence-corrected chi connectivity index (χ1v) is 13.8. The van der Waals surface area contributed by atoms with Crippen LogP contribution in [0.25, 0.3) is 11.1 Å². The predicted molar refractivity (Wildman–Crippen MR) is 150 cm³/mol. The van der Waals surface area contributed by atoms with Crippen LogP contribution in [0, 0.1) is 5.82 Å². The number of hydrogen-bond donors (Lipinski definition) is 2. The van der Waals surface area contributed by atoms with Crippen LogP contribution in [0.4, 0.5) is 4.39 Å². The first-order valence-electron chi connectivity index (χ1n) is 13.8. The minimum atomic E-state index is -1.26. The summed E-state index contributed by atoms with van der Waals surface area (Å²) in [5.74, 6) is -1.51. The third-order valence-electron chi connectivity index (χ3n) is 7.58. The summed E-state index contributed by atoms with van der Waals surface area (Å²) in [5.41, 5.74) is 3.70. The van der Waals surface area contributed by atoms with Gasteiger partial charge in [0, 0.05) is 12.1 Å². The van der Waals surface area contributed by atoms with Crippen LogP contribution in [0.3, 0.4) is 0 Å². The summed E-state index contributed by atoms with van der Waals surface area (Å²) in [6.07, 6.45) is 0.765. The number of ketones is 1. The van der Waals surface area contributed by atoms with Crippen LogP contribution < -0.4 is 14.8 Å². The predicted octanol–water partition coefficient (Wildman–Crippen LogP) is 4.88. The lowest BCUT2D eigenvalue weighted by Crippen LogP contribution is -2.48. The van der Waals surface area contributed by atoms with Gasteiger partial charge in [-0.05, 0) is 66.2 Å². The lowest BCUT2D eigenvalue weighted by molar-refractivity contribution is -0.118. The molecular formula is C32H35FN2O5. The summed E-state index contributed by atoms with van der Waals surface area (Å²) in [7, 11) is 0. The molecule has 0 saturated carbocycles. The van der Waals surface area contributed by atoms with Gasteiger partial charge in [0.2, 0.25) is 5.78 Å². The Bertz CT molecular complexity index is 1350. The van der Waals surface area contributed by atoms with Crippen LogP contribution in [0.15, 0.2) is 60.7 Å². The summed E-state index contributed by atoms with van der Waals surface area (Å²) in [6, 6.07) is 17.1.